The minimum Gasteiger partial charge on any atom is -0.478 e. The average Bonchev–Trinajstić information content (AvgIpc) is 2.57. The lowest BCUT2D eigenvalue weighted by Crippen LogP contribution is -2.09. The lowest BCUT2D eigenvalue weighted by molar-refractivity contribution is 0.0695. The van der Waals surface area contributed by atoms with E-state index in [1.807, 2.05) is 13.8 Å². The standard InChI is InChI=1S/C12H17NO3/c1-4-6-10-9(12(15)16)7-11(8(3)14)13(10)5-2/h7H,4-6H2,1-3H3,(H,15,16). The van der Waals surface area contributed by atoms with Gasteiger partial charge in [-0.05, 0) is 19.4 Å². The zero-order valence-corrected chi connectivity index (χ0v) is 9.91. The third-order valence-electron chi connectivity index (χ3n) is 2.60. The Balaban J connectivity index is 3.39. The van der Waals surface area contributed by atoms with Gasteiger partial charge in [-0.3, -0.25) is 4.79 Å². The molecule has 1 aromatic heterocycles. The highest BCUT2D eigenvalue weighted by atomic mass is 16.4. The highest BCUT2D eigenvalue weighted by Gasteiger charge is 2.20. The number of aromatic nitrogens is 1. The molecule has 0 aliphatic rings. The summed E-state index contributed by atoms with van der Waals surface area (Å²) in [6, 6.07) is 1.49. The van der Waals surface area contributed by atoms with Crippen molar-refractivity contribution in [1.82, 2.24) is 4.57 Å². The Hall–Kier alpha value is -1.58. The van der Waals surface area contributed by atoms with Crippen LogP contribution in [-0.2, 0) is 13.0 Å². The number of aromatic carboxylic acids is 1. The average molecular weight is 223 g/mol. The molecule has 0 saturated carbocycles. The molecule has 0 aromatic carbocycles. The molecule has 1 rings (SSSR count). The summed E-state index contributed by atoms with van der Waals surface area (Å²) in [5.74, 6) is -1.05. The van der Waals surface area contributed by atoms with Crippen molar-refractivity contribution in [3.8, 4) is 0 Å². The van der Waals surface area contributed by atoms with Crippen molar-refractivity contribution >= 4 is 11.8 Å². The highest BCUT2D eigenvalue weighted by molar-refractivity contribution is 5.97. The number of carboxylic acids is 1. The van der Waals surface area contributed by atoms with E-state index in [9.17, 15) is 9.59 Å². The molecule has 0 aliphatic carbocycles. The predicted molar refractivity (Wildman–Crippen MR) is 61.1 cm³/mol. The van der Waals surface area contributed by atoms with E-state index in [4.69, 9.17) is 5.11 Å². The van der Waals surface area contributed by atoms with E-state index in [0.29, 0.717) is 18.7 Å². The maximum absolute atomic E-state index is 11.4. The number of carbonyl (C=O) groups is 2. The molecule has 1 heterocycles. The first-order valence-electron chi connectivity index (χ1n) is 5.49. The fourth-order valence-electron chi connectivity index (χ4n) is 1.93. The van der Waals surface area contributed by atoms with Gasteiger partial charge in [-0.15, -0.1) is 0 Å². The molecule has 0 atom stereocenters. The monoisotopic (exact) mass is 223 g/mol. The Morgan fingerprint density at radius 1 is 1.38 bits per heavy atom. The molecule has 1 N–H and O–H groups in total. The third kappa shape index (κ3) is 2.15. The Bertz CT molecular complexity index is 418. The van der Waals surface area contributed by atoms with Gasteiger partial charge in [0.15, 0.2) is 5.78 Å². The van der Waals surface area contributed by atoms with E-state index < -0.39 is 5.97 Å². The van der Waals surface area contributed by atoms with Crippen LogP contribution in [0, 0.1) is 0 Å². The van der Waals surface area contributed by atoms with Crippen molar-refractivity contribution < 1.29 is 14.7 Å². The summed E-state index contributed by atoms with van der Waals surface area (Å²) in [7, 11) is 0. The summed E-state index contributed by atoms with van der Waals surface area (Å²) >= 11 is 0. The maximum Gasteiger partial charge on any atom is 0.337 e. The van der Waals surface area contributed by atoms with Crippen LogP contribution in [0.1, 0.15) is 53.7 Å². The van der Waals surface area contributed by atoms with Gasteiger partial charge in [0.25, 0.3) is 0 Å². The van der Waals surface area contributed by atoms with Crippen molar-refractivity contribution in [1.29, 1.82) is 0 Å². The Kier molecular flexibility index (Phi) is 3.88. The summed E-state index contributed by atoms with van der Waals surface area (Å²) in [6.07, 6.45) is 1.55. The molecule has 0 fully saturated rings. The van der Waals surface area contributed by atoms with Gasteiger partial charge in [-0.1, -0.05) is 13.3 Å². The molecule has 4 nitrogen and oxygen atoms in total. The zero-order valence-electron chi connectivity index (χ0n) is 9.91. The summed E-state index contributed by atoms with van der Waals surface area (Å²) in [4.78, 5) is 22.5. The van der Waals surface area contributed by atoms with Crippen molar-refractivity contribution in [3.63, 3.8) is 0 Å². The molecule has 0 saturated heterocycles. The predicted octanol–water partition coefficient (Wildman–Crippen LogP) is 2.36. The Labute approximate surface area is 94.9 Å². The number of Topliss-reactive ketones (excluding diaryl/α,β-unsaturated/α-hetero) is 1. The molecule has 0 aliphatic heterocycles. The van der Waals surface area contributed by atoms with Crippen LogP contribution in [0.5, 0.6) is 0 Å². The molecule has 88 valence electrons. The minimum absolute atomic E-state index is 0.0910. The van der Waals surface area contributed by atoms with Crippen molar-refractivity contribution in [3.05, 3.63) is 23.0 Å². The lowest BCUT2D eigenvalue weighted by atomic mass is 10.1. The number of carboxylic acid groups (broad SMARTS) is 1. The molecule has 0 amide bonds. The largest absolute Gasteiger partial charge is 0.478 e. The van der Waals surface area contributed by atoms with Gasteiger partial charge in [0, 0.05) is 19.2 Å². The molecule has 0 spiro atoms. The van der Waals surface area contributed by atoms with E-state index in [0.717, 1.165) is 12.1 Å². The molecule has 0 bridgehead atoms. The number of ketones is 1. The first kappa shape index (κ1) is 12.5. The summed E-state index contributed by atoms with van der Waals surface area (Å²) in [5, 5.41) is 9.08. The van der Waals surface area contributed by atoms with Crippen LogP contribution in [0.4, 0.5) is 0 Å². The maximum atomic E-state index is 11.4. The second-order valence-corrected chi connectivity index (χ2v) is 3.75. The summed E-state index contributed by atoms with van der Waals surface area (Å²) < 4.78 is 1.80. The first-order chi connectivity index (χ1) is 7.52. The van der Waals surface area contributed by atoms with E-state index in [2.05, 4.69) is 0 Å². The fourth-order valence-corrected chi connectivity index (χ4v) is 1.93. The third-order valence-corrected chi connectivity index (χ3v) is 2.60. The van der Waals surface area contributed by atoms with Crippen LogP contribution in [0.3, 0.4) is 0 Å². The van der Waals surface area contributed by atoms with Gasteiger partial charge >= 0.3 is 5.97 Å². The SMILES string of the molecule is CCCc1c(C(=O)O)cc(C(C)=O)n1CC. The van der Waals surface area contributed by atoms with Gasteiger partial charge in [0.1, 0.15) is 0 Å². The molecular formula is C12H17NO3. The van der Waals surface area contributed by atoms with Gasteiger partial charge in [0.2, 0.25) is 0 Å². The number of rotatable bonds is 5. The van der Waals surface area contributed by atoms with Crippen LogP contribution in [0.25, 0.3) is 0 Å². The minimum atomic E-state index is -0.960. The normalized spacial score (nSPS) is 10.4. The highest BCUT2D eigenvalue weighted by Crippen LogP contribution is 2.19. The van der Waals surface area contributed by atoms with Crippen molar-refractivity contribution in [2.75, 3.05) is 0 Å². The summed E-state index contributed by atoms with van der Waals surface area (Å²) in [6.45, 7) is 5.99. The van der Waals surface area contributed by atoms with Crippen LogP contribution in [-0.4, -0.2) is 21.4 Å². The Morgan fingerprint density at radius 2 is 2.00 bits per heavy atom. The zero-order chi connectivity index (χ0) is 12.3. The van der Waals surface area contributed by atoms with Crippen LogP contribution in [0.15, 0.2) is 6.07 Å². The van der Waals surface area contributed by atoms with E-state index in [1.165, 1.54) is 13.0 Å². The molecule has 0 unspecified atom stereocenters. The van der Waals surface area contributed by atoms with Crippen LogP contribution < -0.4 is 0 Å². The molecule has 0 radical (unpaired) electrons. The molecule has 16 heavy (non-hydrogen) atoms. The molecule has 1 aromatic rings. The van der Waals surface area contributed by atoms with Gasteiger partial charge < -0.3 is 9.67 Å². The van der Waals surface area contributed by atoms with Gasteiger partial charge in [0.05, 0.1) is 11.3 Å². The number of carbonyl (C=O) groups excluding carboxylic acids is 1. The second kappa shape index (κ2) is 4.96. The van der Waals surface area contributed by atoms with Crippen molar-refractivity contribution in [2.24, 2.45) is 0 Å². The van der Waals surface area contributed by atoms with E-state index in [1.54, 1.807) is 4.57 Å². The topological polar surface area (TPSA) is 59.3 Å². The first-order valence-corrected chi connectivity index (χ1v) is 5.49. The quantitative estimate of drug-likeness (QED) is 0.779. The van der Waals surface area contributed by atoms with Gasteiger partial charge in [-0.25, -0.2) is 4.79 Å². The number of hydrogen-bond acceptors (Lipinski definition) is 2. The number of nitrogens with zero attached hydrogens (tertiary/aromatic N) is 1. The summed E-state index contributed by atoms with van der Waals surface area (Å²) in [5.41, 5.74) is 1.50. The number of hydrogen-bond donors (Lipinski definition) is 1. The van der Waals surface area contributed by atoms with Crippen LogP contribution in [0.2, 0.25) is 0 Å². The molecular weight excluding hydrogens is 206 g/mol. The van der Waals surface area contributed by atoms with E-state index >= 15 is 0 Å². The molecule has 4 heteroatoms. The van der Waals surface area contributed by atoms with Crippen molar-refractivity contribution in [2.45, 2.75) is 40.2 Å². The smallest absolute Gasteiger partial charge is 0.337 e. The second-order valence-electron chi connectivity index (χ2n) is 3.75. The van der Waals surface area contributed by atoms with E-state index in [-0.39, 0.29) is 11.3 Å². The lowest BCUT2D eigenvalue weighted by Gasteiger charge is -2.09. The van der Waals surface area contributed by atoms with Crippen LogP contribution >= 0.6 is 0 Å². The fraction of sp³-hybridized carbons (Fsp3) is 0.500. The Morgan fingerprint density at radius 3 is 2.38 bits per heavy atom. The van der Waals surface area contributed by atoms with Gasteiger partial charge in [-0.2, -0.15) is 0 Å².